The van der Waals surface area contributed by atoms with Gasteiger partial charge >= 0.3 is 17.2 Å². The first kappa shape index (κ1) is 24.7. The quantitative estimate of drug-likeness (QED) is 0.447. The van der Waals surface area contributed by atoms with Crippen LogP contribution in [0.4, 0.5) is 4.79 Å². The van der Waals surface area contributed by atoms with E-state index in [4.69, 9.17) is 14.2 Å². The van der Waals surface area contributed by atoms with Crippen molar-refractivity contribution in [1.29, 1.82) is 0 Å². The summed E-state index contributed by atoms with van der Waals surface area (Å²) < 4.78 is 15.1. The van der Waals surface area contributed by atoms with Gasteiger partial charge in [-0.25, -0.2) is 9.59 Å². The summed E-state index contributed by atoms with van der Waals surface area (Å²) in [6.45, 7) is 2.91. The molecule has 2 rings (SSSR count). The number of carbonyl (C=O) groups is 4. The molecule has 9 heteroatoms. The molecule has 1 N–H and O–H groups in total. The Bertz CT molecular complexity index is 747. The number of esters is 2. The number of thioether (sulfide) groups is 1. The summed E-state index contributed by atoms with van der Waals surface area (Å²) in [5.41, 5.74) is 0.382. The Morgan fingerprint density at radius 1 is 1.03 bits per heavy atom. The van der Waals surface area contributed by atoms with E-state index in [1.54, 1.807) is 44.2 Å². The number of hydrogen-bond acceptors (Lipinski definition) is 8. The maximum atomic E-state index is 12.4. The van der Waals surface area contributed by atoms with Crippen LogP contribution < -0.4 is 5.32 Å². The minimum atomic E-state index is -1.04. The first-order valence-electron chi connectivity index (χ1n) is 10.4. The molecule has 1 aliphatic rings. The highest BCUT2D eigenvalue weighted by Gasteiger charge is 2.26. The molecule has 1 aromatic carbocycles. The monoisotopic (exact) mass is 451 g/mol. The number of hydrogen-bond donors (Lipinski definition) is 1. The molecular formula is C22H29NO7S. The zero-order valence-corrected chi connectivity index (χ0v) is 18.7. The normalized spacial score (nSPS) is 15.1. The fourth-order valence-corrected chi connectivity index (χ4v) is 3.75. The van der Waals surface area contributed by atoms with Gasteiger partial charge in [-0.15, -0.1) is 0 Å². The van der Waals surface area contributed by atoms with E-state index in [-0.39, 0.29) is 23.7 Å². The third-order valence-electron chi connectivity index (χ3n) is 4.66. The van der Waals surface area contributed by atoms with Crippen LogP contribution in [0.5, 0.6) is 0 Å². The maximum Gasteiger partial charge on any atom is 0.370 e. The molecule has 0 bridgehead atoms. The molecule has 1 atom stereocenters. The van der Waals surface area contributed by atoms with Gasteiger partial charge in [0.05, 0.1) is 12.0 Å². The molecule has 0 saturated heterocycles. The first-order valence-corrected chi connectivity index (χ1v) is 11.4. The van der Waals surface area contributed by atoms with Crippen LogP contribution in [0.25, 0.3) is 0 Å². The zero-order valence-electron chi connectivity index (χ0n) is 17.8. The van der Waals surface area contributed by atoms with Crippen molar-refractivity contribution in [2.75, 3.05) is 12.5 Å². The van der Waals surface area contributed by atoms with E-state index in [0.29, 0.717) is 17.3 Å². The van der Waals surface area contributed by atoms with Crippen molar-refractivity contribution in [2.45, 2.75) is 58.1 Å². The summed E-state index contributed by atoms with van der Waals surface area (Å²) in [6.07, 6.45) is 4.33. The summed E-state index contributed by atoms with van der Waals surface area (Å²) in [6, 6.07) is 7.37. The van der Waals surface area contributed by atoms with Crippen molar-refractivity contribution >= 4 is 34.9 Å². The predicted molar refractivity (Wildman–Crippen MR) is 115 cm³/mol. The molecule has 1 amide bonds. The Kier molecular flexibility index (Phi) is 10.4. The lowest BCUT2D eigenvalue weighted by Crippen LogP contribution is -2.44. The molecule has 0 aliphatic heterocycles. The van der Waals surface area contributed by atoms with Crippen LogP contribution >= 0.6 is 11.8 Å². The second kappa shape index (κ2) is 13.0. The molecule has 0 radical (unpaired) electrons. The topological polar surface area (TPSA) is 108 Å². The highest BCUT2D eigenvalue weighted by molar-refractivity contribution is 8.13. The smallest absolute Gasteiger partial charge is 0.370 e. The number of amides is 1. The van der Waals surface area contributed by atoms with Crippen LogP contribution in [0.1, 0.15) is 56.3 Å². The summed E-state index contributed by atoms with van der Waals surface area (Å²) in [7, 11) is 0. The third-order valence-corrected chi connectivity index (χ3v) is 5.52. The van der Waals surface area contributed by atoms with E-state index in [2.05, 4.69) is 5.32 Å². The lowest BCUT2D eigenvalue weighted by Gasteiger charge is -2.20. The van der Waals surface area contributed by atoms with E-state index < -0.39 is 30.0 Å². The van der Waals surface area contributed by atoms with Crippen LogP contribution in [0.2, 0.25) is 0 Å². The number of ether oxygens (including phenoxy) is 3. The predicted octanol–water partition coefficient (Wildman–Crippen LogP) is 3.69. The Hall–Kier alpha value is -2.55. The number of rotatable bonds is 9. The van der Waals surface area contributed by atoms with Gasteiger partial charge in [0.1, 0.15) is 6.04 Å². The minimum Gasteiger partial charge on any atom is -0.461 e. The second-order valence-electron chi connectivity index (χ2n) is 7.50. The van der Waals surface area contributed by atoms with Crippen molar-refractivity contribution < 1.29 is 33.4 Å². The van der Waals surface area contributed by atoms with E-state index in [0.717, 1.165) is 32.1 Å². The summed E-state index contributed by atoms with van der Waals surface area (Å²) >= 11 is 0.696. The van der Waals surface area contributed by atoms with Gasteiger partial charge in [-0.3, -0.25) is 9.59 Å². The molecule has 0 unspecified atom stereocenters. The molecular weight excluding hydrogens is 422 g/mol. The molecule has 0 heterocycles. The van der Waals surface area contributed by atoms with Crippen molar-refractivity contribution in [1.82, 2.24) is 5.32 Å². The molecule has 1 aromatic rings. The van der Waals surface area contributed by atoms with Crippen LogP contribution in [0, 0.1) is 5.92 Å². The summed E-state index contributed by atoms with van der Waals surface area (Å²) in [5, 5.41) is 1.87. The van der Waals surface area contributed by atoms with Crippen molar-refractivity contribution in [3.63, 3.8) is 0 Å². The van der Waals surface area contributed by atoms with Crippen LogP contribution in [0.15, 0.2) is 30.3 Å². The van der Waals surface area contributed by atoms with Gasteiger partial charge in [0.15, 0.2) is 0 Å². The second-order valence-corrected chi connectivity index (χ2v) is 8.45. The SMILES string of the molecule is CC(C)OC(=O)[C@H](CSC(=O)OCOC(=O)C1CCCCC1)NC(=O)c1ccccc1. The van der Waals surface area contributed by atoms with Crippen LogP contribution in [-0.2, 0) is 23.8 Å². The van der Waals surface area contributed by atoms with Gasteiger partial charge < -0.3 is 19.5 Å². The van der Waals surface area contributed by atoms with Gasteiger partial charge in [0, 0.05) is 11.3 Å². The highest BCUT2D eigenvalue weighted by Crippen LogP contribution is 2.24. The highest BCUT2D eigenvalue weighted by atomic mass is 32.2. The molecule has 31 heavy (non-hydrogen) atoms. The molecule has 1 fully saturated rings. The molecule has 8 nitrogen and oxygen atoms in total. The van der Waals surface area contributed by atoms with Crippen molar-refractivity contribution in [3.8, 4) is 0 Å². The lowest BCUT2D eigenvalue weighted by molar-refractivity contribution is -0.157. The van der Waals surface area contributed by atoms with E-state index >= 15 is 0 Å². The average Bonchev–Trinajstić information content (AvgIpc) is 2.77. The Morgan fingerprint density at radius 2 is 1.71 bits per heavy atom. The number of benzene rings is 1. The van der Waals surface area contributed by atoms with Crippen molar-refractivity contribution in [2.24, 2.45) is 5.92 Å². The maximum absolute atomic E-state index is 12.4. The van der Waals surface area contributed by atoms with E-state index in [1.807, 2.05) is 0 Å². The summed E-state index contributed by atoms with van der Waals surface area (Å²) in [4.78, 5) is 48.7. The Morgan fingerprint density at radius 3 is 2.35 bits per heavy atom. The first-order chi connectivity index (χ1) is 14.9. The minimum absolute atomic E-state index is 0.0838. The number of carbonyl (C=O) groups excluding carboxylic acids is 4. The van der Waals surface area contributed by atoms with Gasteiger partial charge in [0.2, 0.25) is 6.79 Å². The standard InChI is InChI=1S/C22H29NO7S/c1-15(2)30-21(26)18(23-19(24)16-9-5-3-6-10-16)13-31-22(27)29-14-28-20(25)17-11-7-4-8-12-17/h3,5-6,9-10,15,17-18H,4,7-8,11-14H2,1-2H3,(H,23,24)/t18-/m0/s1. The van der Waals surface area contributed by atoms with Gasteiger partial charge in [-0.2, -0.15) is 0 Å². The average molecular weight is 452 g/mol. The third kappa shape index (κ3) is 9.00. The fourth-order valence-electron chi connectivity index (χ4n) is 3.10. The van der Waals surface area contributed by atoms with E-state index in [1.165, 1.54) is 0 Å². The van der Waals surface area contributed by atoms with Crippen LogP contribution in [-0.4, -0.2) is 47.8 Å². The van der Waals surface area contributed by atoms with E-state index in [9.17, 15) is 19.2 Å². The molecule has 1 aliphatic carbocycles. The van der Waals surface area contributed by atoms with Gasteiger partial charge in [-0.1, -0.05) is 37.5 Å². The lowest BCUT2D eigenvalue weighted by atomic mass is 9.89. The summed E-state index contributed by atoms with van der Waals surface area (Å²) in [5.74, 6) is -1.68. The van der Waals surface area contributed by atoms with Crippen molar-refractivity contribution in [3.05, 3.63) is 35.9 Å². The fraction of sp³-hybridized carbons (Fsp3) is 0.545. The largest absolute Gasteiger partial charge is 0.461 e. The molecule has 1 saturated carbocycles. The molecule has 170 valence electrons. The number of nitrogens with one attached hydrogen (secondary N) is 1. The van der Waals surface area contributed by atoms with Gasteiger partial charge in [0.25, 0.3) is 5.91 Å². The zero-order chi connectivity index (χ0) is 22.6. The molecule has 0 aromatic heterocycles. The van der Waals surface area contributed by atoms with Crippen LogP contribution in [0.3, 0.4) is 0 Å². The Balaban J connectivity index is 1.81. The van der Waals surface area contributed by atoms with Gasteiger partial charge in [-0.05, 0) is 50.6 Å². The molecule has 0 spiro atoms. The Labute approximate surface area is 186 Å².